The Labute approximate surface area is 137 Å². The predicted octanol–water partition coefficient (Wildman–Crippen LogP) is 2.31. The Morgan fingerprint density at radius 2 is 2.00 bits per heavy atom. The molecule has 1 aliphatic heterocycles. The summed E-state index contributed by atoms with van der Waals surface area (Å²) in [5.41, 5.74) is 8.29. The van der Waals surface area contributed by atoms with Crippen LogP contribution in [0.2, 0.25) is 0 Å². The molecule has 1 aromatic heterocycles. The Kier molecular flexibility index (Phi) is 4.76. The van der Waals surface area contributed by atoms with Gasteiger partial charge in [0, 0.05) is 25.8 Å². The number of amides is 1. The van der Waals surface area contributed by atoms with Crippen LogP contribution in [0.1, 0.15) is 42.9 Å². The van der Waals surface area contributed by atoms with Gasteiger partial charge in [-0.15, -0.1) is 0 Å². The maximum Gasteiger partial charge on any atom is 0.244 e. The van der Waals surface area contributed by atoms with Gasteiger partial charge in [0.2, 0.25) is 5.91 Å². The van der Waals surface area contributed by atoms with E-state index in [4.69, 9.17) is 5.73 Å². The zero-order valence-electron chi connectivity index (χ0n) is 13.6. The van der Waals surface area contributed by atoms with Gasteiger partial charge in [-0.3, -0.25) is 9.48 Å². The first-order valence-electron chi connectivity index (χ1n) is 8.30. The van der Waals surface area contributed by atoms with E-state index in [1.54, 1.807) is 0 Å². The minimum atomic E-state index is -0.560. The van der Waals surface area contributed by atoms with Crippen LogP contribution in [-0.2, 0) is 11.3 Å². The van der Waals surface area contributed by atoms with Gasteiger partial charge in [-0.25, -0.2) is 0 Å². The van der Waals surface area contributed by atoms with Crippen molar-refractivity contribution in [2.75, 3.05) is 13.1 Å². The smallest absolute Gasteiger partial charge is 0.244 e. The van der Waals surface area contributed by atoms with Gasteiger partial charge in [0.1, 0.15) is 6.04 Å². The van der Waals surface area contributed by atoms with Crippen LogP contribution in [0.3, 0.4) is 0 Å². The number of likely N-dealkylation sites (tertiary alicyclic amines) is 1. The standard InChI is InChI=1S/C18H24N4O/c1-2-22-13-16(12-20-22)14-8-10-21(11-9-14)18(23)17(19)15-6-4-3-5-7-15/h3-7,12-14,17H,2,8-11,19H2,1H3. The van der Waals surface area contributed by atoms with E-state index < -0.39 is 6.04 Å². The SMILES string of the molecule is CCn1cc(C2CCN(C(=O)C(N)c3ccccc3)CC2)cn1. The molecule has 1 fully saturated rings. The van der Waals surface area contributed by atoms with Crippen LogP contribution in [0.25, 0.3) is 0 Å². The first-order valence-corrected chi connectivity index (χ1v) is 8.30. The average Bonchev–Trinajstić information content (AvgIpc) is 3.10. The molecule has 0 aliphatic carbocycles. The van der Waals surface area contributed by atoms with Crippen molar-refractivity contribution in [2.45, 2.75) is 38.3 Å². The first kappa shape index (κ1) is 15.7. The number of aromatic nitrogens is 2. The van der Waals surface area contributed by atoms with Crippen LogP contribution in [0.4, 0.5) is 0 Å². The molecule has 2 heterocycles. The molecule has 5 nitrogen and oxygen atoms in total. The van der Waals surface area contributed by atoms with Crippen molar-refractivity contribution in [3.05, 3.63) is 53.9 Å². The van der Waals surface area contributed by atoms with Gasteiger partial charge in [-0.05, 0) is 36.8 Å². The third kappa shape index (κ3) is 3.45. The van der Waals surface area contributed by atoms with Crippen molar-refractivity contribution in [3.8, 4) is 0 Å². The van der Waals surface area contributed by atoms with Gasteiger partial charge in [0.25, 0.3) is 0 Å². The van der Waals surface area contributed by atoms with E-state index in [0.717, 1.165) is 38.0 Å². The van der Waals surface area contributed by atoms with Crippen LogP contribution in [0, 0.1) is 0 Å². The molecule has 0 saturated carbocycles. The number of benzene rings is 1. The average molecular weight is 312 g/mol. The molecule has 122 valence electrons. The van der Waals surface area contributed by atoms with Crippen LogP contribution in [-0.4, -0.2) is 33.7 Å². The molecule has 2 N–H and O–H groups in total. The second-order valence-corrected chi connectivity index (χ2v) is 6.12. The van der Waals surface area contributed by atoms with Gasteiger partial charge in [-0.1, -0.05) is 30.3 Å². The molecule has 1 amide bonds. The number of hydrogen-bond acceptors (Lipinski definition) is 3. The molecule has 0 spiro atoms. The predicted molar refractivity (Wildman–Crippen MR) is 89.8 cm³/mol. The molecular formula is C18H24N4O. The lowest BCUT2D eigenvalue weighted by atomic mass is 9.91. The van der Waals surface area contributed by atoms with E-state index in [0.29, 0.717) is 5.92 Å². The van der Waals surface area contributed by atoms with Crippen LogP contribution in [0.15, 0.2) is 42.7 Å². The Morgan fingerprint density at radius 3 is 2.61 bits per heavy atom. The molecule has 0 bridgehead atoms. The molecular weight excluding hydrogens is 288 g/mol. The fourth-order valence-electron chi connectivity index (χ4n) is 3.20. The topological polar surface area (TPSA) is 64.2 Å². The van der Waals surface area contributed by atoms with Crippen LogP contribution in [0.5, 0.6) is 0 Å². The van der Waals surface area contributed by atoms with Crippen molar-refractivity contribution in [3.63, 3.8) is 0 Å². The number of carbonyl (C=O) groups excluding carboxylic acids is 1. The number of aryl methyl sites for hydroxylation is 1. The maximum absolute atomic E-state index is 12.6. The van der Waals surface area contributed by atoms with Gasteiger partial charge < -0.3 is 10.6 Å². The minimum Gasteiger partial charge on any atom is -0.341 e. The van der Waals surface area contributed by atoms with E-state index in [9.17, 15) is 4.79 Å². The molecule has 1 aromatic carbocycles. The van der Waals surface area contributed by atoms with Crippen molar-refractivity contribution in [2.24, 2.45) is 5.73 Å². The molecule has 1 atom stereocenters. The van der Waals surface area contributed by atoms with Crippen LogP contribution < -0.4 is 5.73 Å². The first-order chi connectivity index (χ1) is 11.2. The quantitative estimate of drug-likeness (QED) is 0.942. The molecule has 2 aromatic rings. The third-order valence-corrected chi connectivity index (χ3v) is 4.68. The largest absolute Gasteiger partial charge is 0.341 e. The lowest BCUT2D eigenvalue weighted by Gasteiger charge is -2.33. The number of rotatable bonds is 4. The van der Waals surface area contributed by atoms with Gasteiger partial charge in [-0.2, -0.15) is 5.10 Å². The third-order valence-electron chi connectivity index (χ3n) is 4.68. The summed E-state index contributed by atoms with van der Waals surface area (Å²) in [7, 11) is 0. The molecule has 3 rings (SSSR count). The highest BCUT2D eigenvalue weighted by atomic mass is 16.2. The summed E-state index contributed by atoms with van der Waals surface area (Å²) in [6.45, 7) is 4.51. The zero-order chi connectivity index (χ0) is 16.2. The van der Waals surface area contributed by atoms with Gasteiger partial charge >= 0.3 is 0 Å². The fourth-order valence-corrected chi connectivity index (χ4v) is 3.20. The van der Waals surface area contributed by atoms with Crippen molar-refractivity contribution < 1.29 is 4.79 Å². The highest BCUT2D eigenvalue weighted by Gasteiger charge is 2.28. The molecule has 1 saturated heterocycles. The second kappa shape index (κ2) is 6.96. The fraction of sp³-hybridized carbons (Fsp3) is 0.444. The van der Waals surface area contributed by atoms with Crippen molar-refractivity contribution in [1.29, 1.82) is 0 Å². The summed E-state index contributed by atoms with van der Waals surface area (Å²) in [6, 6.07) is 9.03. The zero-order valence-corrected chi connectivity index (χ0v) is 13.6. The minimum absolute atomic E-state index is 0.0268. The Bertz CT molecular complexity index is 644. The molecule has 1 unspecified atom stereocenters. The number of hydrogen-bond donors (Lipinski definition) is 1. The lowest BCUT2D eigenvalue weighted by Crippen LogP contribution is -2.42. The highest BCUT2D eigenvalue weighted by molar-refractivity contribution is 5.83. The number of nitrogens with two attached hydrogens (primary N) is 1. The summed E-state index contributed by atoms with van der Waals surface area (Å²) in [5.74, 6) is 0.520. The summed E-state index contributed by atoms with van der Waals surface area (Å²) < 4.78 is 1.96. The molecule has 1 aliphatic rings. The summed E-state index contributed by atoms with van der Waals surface area (Å²) >= 11 is 0. The summed E-state index contributed by atoms with van der Waals surface area (Å²) in [4.78, 5) is 14.5. The van der Waals surface area contributed by atoms with Crippen molar-refractivity contribution >= 4 is 5.91 Å². The molecule has 23 heavy (non-hydrogen) atoms. The van der Waals surface area contributed by atoms with E-state index in [2.05, 4.69) is 18.2 Å². The maximum atomic E-state index is 12.6. The Hall–Kier alpha value is -2.14. The van der Waals surface area contributed by atoms with Crippen LogP contribution >= 0.6 is 0 Å². The lowest BCUT2D eigenvalue weighted by molar-refractivity contribution is -0.133. The van der Waals surface area contributed by atoms with E-state index >= 15 is 0 Å². The normalized spacial score (nSPS) is 17.2. The summed E-state index contributed by atoms with van der Waals surface area (Å²) in [5, 5.41) is 4.35. The Morgan fingerprint density at radius 1 is 1.30 bits per heavy atom. The highest BCUT2D eigenvalue weighted by Crippen LogP contribution is 2.28. The number of carbonyl (C=O) groups is 1. The van der Waals surface area contributed by atoms with Gasteiger partial charge in [0.05, 0.1) is 6.20 Å². The van der Waals surface area contributed by atoms with Crippen molar-refractivity contribution in [1.82, 2.24) is 14.7 Å². The summed E-state index contributed by atoms with van der Waals surface area (Å²) in [6.07, 6.45) is 6.03. The van der Waals surface area contributed by atoms with E-state index in [1.807, 2.05) is 46.1 Å². The number of piperidine rings is 1. The van der Waals surface area contributed by atoms with Gasteiger partial charge in [0.15, 0.2) is 0 Å². The number of nitrogens with zero attached hydrogens (tertiary/aromatic N) is 3. The molecule has 0 radical (unpaired) electrons. The monoisotopic (exact) mass is 312 g/mol. The van der Waals surface area contributed by atoms with E-state index in [1.165, 1.54) is 5.56 Å². The Balaban J connectivity index is 1.59. The van der Waals surface area contributed by atoms with E-state index in [-0.39, 0.29) is 5.91 Å². The molecule has 5 heteroatoms. The second-order valence-electron chi connectivity index (χ2n) is 6.12.